The van der Waals surface area contributed by atoms with Crippen molar-refractivity contribution in [1.29, 1.82) is 0 Å². The van der Waals surface area contributed by atoms with Gasteiger partial charge in [-0.2, -0.15) is 0 Å². The summed E-state index contributed by atoms with van der Waals surface area (Å²) < 4.78 is 32.5. The van der Waals surface area contributed by atoms with E-state index in [1.807, 2.05) is 6.92 Å². The highest BCUT2D eigenvalue weighted by Gasteiger charge is 2.21. The molecule has 0 saturated carbocycles. The Balaban J connectivity index is 2.10. The zero-order chi connectivity index (χ0) is 15.3. The van der Waals surface area contributed by atoms with E-state index in [9.17, 15) is 8.42 Å². The SMILES string of the molecule is CCNCc1cc(S(=O)(=O)NCc2ccncn2)c(C)o1. The van der Waals surface area contributed by atoms with Crippen LogP contribution in [-0.2, 0) is 23.1 Å². The fourth-order valence-electron chi connectivity index (χ4n) is 1.80. The highest BCUT2D eigenvalue weighted by Crippen LogP contribution is 2.20. The van der Waals surface area contributed by atoms with Gasteiger partial charge in [0.25, 0.3) is 0 Å². The standard InChI is InChI=1S/C13H18N4O3S/c1-3-14-8-12-6-13(10(2)20-12)21(18,19)17-7-11-4-5-15-9-16-11/h4-6,9,14,17H,3,7-8H2,1-2H3. The van der Waals surface area contributed by atoms with Crippen LogP contribution in [0.4, 0.5) is 0 Å². The molecule has 0 aliphatic carbocycles. The van der Waals surface area contributed by atoms with E-state index in [1.54, 1.807) is 25.3 Å². The Labute approximate surface area is 123 Å². The van der Waals surface area contributed by atoms with Crippen LogP contribution in [0.2, 0.25) is 0 Å². The quantitative estimate of drug-likeness (QED) is 0.791. The first-order chi connectivity index (χ1) is 10.0. The Bertz CT molecular complexity index is 683. The highest BCUT2D eigenvalue weighted by molar-refractivity contribution is 7.89. The summed E-state index contributed by atoms with van der Waals surface area (Å²) in [5, 5.41) is 3.09. The maximum atomic E-state index is 12.3. The van der Waals surface area contributed by atoms with Crippen LogP contribution in [0, 0.1) is 6.92 Å². The molecule has 2 N–H and O–H groups in total. The Morgan fingerprint density at radius 1 is 1.33 bits per heavy atom. The predicted molar refractivity (Wildman–Crippen MR) is 76.9 cm³/mol. The van der Waals surface area contributed by atoms with Crippen LogP contribution in [0.25, 0.3) is 0 Å². The van der Waals surface area contributed by atoms with E-state index in [1.165, 1.54) is 6.33 Å². The molecule has 2 aromatic heterocycles. The third kappa shape index (κ3) is 4.10. The molecule has 0 fully saturated rings. The molecule has 0 aromatic carbocycles. The van der Waals surface area contributed by atoms with Crippen LogP contribution in [0.5, 0.6) is 0 Å². The lowest BCUT2D eigenvalue weighted by Gasteiger charge is -2.04. The molecule has 0 amide bonds. The number of furan rings is 1. The molecule has 0 saturated heterocycles. The van der Waals surface area contributed by atoms with E-state index in [0.717, 1.165) is 6.54 Å². The molecule has 0 spiro atoms. The molecular weight excluding hydrogens is 292 g/mol. The molecular formula is C13H18N4O3S. The number of nitrogens with zero attached hydrogens (tertiary/aromatic N) is 2. The third-order valence-corrected chi connectivity index (χ3v) is 4.36. The minimum absolute atomic E-state index is 0.109. The summed E-state index contributed by atoms with van der Waals surface area (Å²) in [5.41, 5.74) is 0.600. The van der Waals surface area contributed by atoms with Gasteiger partial charge in [-0.25, -0.2) is 23.1 Å². The van der Waals surface area contributed by atoms with E-state index >= 15 is 0 Å². The van der Waals surface area contributed by atoms with Gasteiger partial charge in [-0.05, 0) is 19.5 Å². The van der Waals surface area contributed by atoms with E-state index in [0.29, 0.717) is 23.8 Å². The summed E-state index contributed by atoms with van der Waals surface area (Å²) in [4.78, 5) is 7.91. The summed E-state index contributed by atoms with van der Waals surface area (Å²) in [7, 11) is -3.63. The van der Waals surface area contributed by atoms with Gasteiger partial charge in [-0.1, -0.05) is 6.92 Å². The molecule has 114 valence electrons. The van der Waals surface area contributed by atoms with Gasteiger partial charge in [0.15, 0.2) is 0 Å². The van der Waals surface area contributed by atoms with Crippen LogP contribution < -0.4 is 10.0 Å². The Morgan fingerprint density at radius 2 is 2.14 bits per heavy atom. The van der Waals surface area contributed by atoms with Gasteiger partial charge in [-0.3, -0.25) is 0 Å². The van der Waals surface area contributed by atoms with Gasteiger partial charge in [0.2, 0.25) is 10.0 Å². The lowest BCUT2D eigenvalue weighted by atomic mass is 10.4. The number of sulfonamides is 1. The van der Waals surface area contributed by atoms with Gasteiger partial charge >= 0.3 is 0 Å². The second-order valence-electron chi connectivity index (χ2n) is 4.44. The Hall–Kier alpha value is -1.77. The van der Waals surface area contributed by atoms with Crippen LogP contribution >= 0.6 is 0 Å². The number of rotatable bonds is 7. The minimum Gasteiger partial charge on any atom is -0.464 e. The Kier molecular flexibility index (Phi) is 5.05. The molecule has 7 nitrogen and oxygen atoms in total. The second kappa shape index (κ2) is 6.79. The fraction of sp³-hybridized carbons (Fsp3) is 0.385. The zero-order valence-electron chi connectivity index (χ0n) is 12.0. The number of aryl methyl sites for hydroxylation is 1. The number of hydrogen-bond donors (Lipinski definition) is 2. The van der Waals surface area contributed by atoms with Crippen molar-refractivity contribution >= 4 is 10.0 Å². The first kappa shape index (κ1) is 15.6. The molecule has 0 bridgehead atoms. The van der Waals surface area contributed by atoms with Gasteiger partial charge < -0.3 is 9.73 Å². The van der Waals surface area contributed by atoms with Crippen molar-refractivity contribution in [3.63, 3.8) is 0 Å². The van der Waals surface area contributed by atoms with Crippen molar-refractivity contribution in [3.05, 3.63) is 41.9 Å². The monoisotopic (exact) mass is 310 g/mol. The average molecular weight is 310 g/mol. The van der Waals surface area contributed by atoms with Crippen LogP contribution in [0.15, 0.2) is 34.0 Å². The number of aromatic nitrogens is 2. The summed E-state index contributed by atoms with van der Waals surface area (Å²) in [5.74, 6) is 0.967. The van der Waals surface area contributed by atoms with Gasteiger partial charge in [0.1, 0.15) is 22.7 Å². The first-order valence-corrected chi connectivity index (χ1v) is 8.06. The maximum absolute atomic E-state index is 12.3. The lowest BCUT2D eigenvalue weighted by molar-refractivity contribution is 0.460. The van der Waals surface area contributed by atoms with Gasteiger partial charge in [-0.15, -0.1) is 0 Å². The van der Waals surface area contributed by atoms with Gasteiger partial charge in [0.05, 0.1) is 18.8 Å². The summed E-state index contributed by atoms with van der Waals surface area (Å²) in [6.45, 7) is 5.00. The summed E-state index contributed by atoms with van der Waals surface area (Å²) >= 11 is 0. The van der Waals surface area contributed by atoms with Crippen LogP contribution in [0.3, 0.4) is 0 Å². The molecule has 2 heterocycles. The number of hydrogen-bond acceptors (Lipinski definition) is 6. The lowest BCUT2D eigenvalue weighted by Crippen LogP contribution is -2.24. The zero-order valence-corrected chi connectivity index (χ0v) is 12.8. The van der Waals surface area contributed by atoms with Crippen LogP contribution in [0.1, 0.15) is 24.1 Å². The molecule has 0 atom stereocenters. The average Bonchev–Trinajstić information content (AvgIpc) is 2.86. The first-order valence-electron chi connectivity index (χ1n) is 6.57. The maximum Gasteiger partial charge on any atom is 0.244 e. The van der Waals surface area contributed by atoms with Crippen LogP contribution in [-0.4, -0.2) is 24.9 Å². The fourth-order valence-corrected chi connectivity index (χ4v) is 3.00. The molecule has 0 aliphatic heterocycles. The van der Waals surface area contributed by atoms with E-state index < -0.39 is 10.0 Å². The van der Waals surface area contributed by atoms with Crippen molar-refractivity contribution in [2.45, 2.75) is 31.8 Å². The van der Waals surface area contributed by atoms with E-state index in [4.69, 9.17) is 4.42 Å². The molecule has 0 unspecified atom stereocenters. The normalized spacial score (nSPS) is 11.7. The second-order valence-corrected chi connectivity index (χ2v) is 6.17. The molecule has 8 heteroatoms. The molecule has 21 heavy (non-hydrogen) atoms. The van der Waals surface area contributed by atoms with Crippen molar-refractivity contribution in [3.8, 4) is 0 Å². The summed E-state index contributed by atoms with van der Waals surface area (Å²) in [6, 6.07) is 3.20. The van der Waals surface area contributed by atoms with E-state index in [-0.39, 0.29) is 11.4 Å². The minimum atomic E-state index is -3.63. The largest absolute Gasteiger partial charge is 0.464 e. The van der Waals surface area contributed by atoms with Crippen molar-refractivity contribution < 1.29 is 12.8 Å². The molecule has 2 aromatic rings. The predicted octanol–water partition coefficient (Wildman–Crippen LogP) is 0.966. The summed E-state index contributed by atoms with van der Waals surface area (Å²) in [6.07, 6.45) is 2.94. The topological polar surface area (TPSA) is 97.1 Å². The molecule has 0 radical (unpaired) electrons. The van der Waals surface area contributed by atoms with Crippen molar-refractivity contribution in [1.82, 2.24) is 20.0 Å². The Morgan fingerprint density at radius 3 is 2.81 bits per heavy atom. The van der Waals surface area contributed by atoms with Crippen molar-refractivity contribution in [2.75, 3.05) is 6.54 Å². The van der Waals surface area contributed by atoms with Crippen molar-refractivity contribution in [2.24, 2.45) is 0 Å². The van der Waals surface area contributed by atoms with Gasteiger partial charge in [0, 0.05) is 12.3 Å². The third-order valence-electron chi connectivity index (χ3n) is 2.85. The molecule has 2 rings (SSSR count). The smallest absolute Gasteiger partial charge is 0.244 e. The highest BCUT2D eigenvalue weighted by atomic mass is 32.2. The van der Waals surface area contributed by atoms with E-state index in [2.05, 4.69) is 20.0 Å². The molecule has 0 aliphatic rings. The number of nitrogens with one attached hydrogen (secondary N) is 2.